The first-order valence-electron chi connectivity index (χ1n) is 18.0. The number of benzene rings is 3. The summed E-state index contributed by atoms with van der Waals surface area (Å²) < 4.78 is 22.9. The number of rotatable bonds is 9. The number of carbonyl (C=O) groups excluding carboxylic acids is 1. The van der Waals surface area contributed by atoms with E-state index in [2.05, 4.69) is 52.0 Å². The molecule has 12 heteroatoms. The Labute approximate surface area is 312 Å². The van der Waals surface area contributed by atoms with Crippen LogP contribution >= 0.6 is 11.6 Å². The van der Waals surface area contributed by atoms with Crippen molar-refractivity contribution >= 4 is 34.5 Å². The Hall–Kier alpha value is -5.39. The van der Waals surface area contributed by atoms with Gasteiger partial charge in [-0.25, -0.2) is 28.8 Å². The lowest BCUT2D eigenvalue weighted by Gasteiger charge is -2.36. The van der Waals surface area contributed by atoms with Crippen molar-refractivity contribution in [1.82, 2.24) is 34.9 Å². The van der Waals surface area contributed by atoms with Gasteiger partial charge in [-0.3, -0.25) is 0 Å². The van der Waals surface area contributed by atoms with Gasteiger partial charge in [-0.15, -0.1) is 0 Å². The van der Waals surface area contributed by atoms with E-state index in [0.717, 1.165) is 42.4 Å². The number of urea groups is 1. The van der Waals surface area contributed by atoms with Crippen molar-refractivity contribution in [2.45, 2.75) is 55.8 Å². The SMILES string of the molecule is COC1CCN(C(=O)N[C@@H]2CCC[C@H](Nc3nc(-c4nn(C(c5ccccc5)(c5ccccc5)c5ccccc5)c5ncc(Cl)cc45)ncc3F)C2)C1. The second kappa shape index (κ2) is 14.9. The molecule has 270 valence electrons. The van der Waals surface area contributed by atoms with Gasteiger partial charge in [-0.2, -0.15) is 5.10 Å². The standard InChI is InChI=1S/C41H40ClFN8O2/c1-53-33-20-21-50(26-33)40(52)47-32-19-11-18-31(23-32)46-37-35(43)25-44-38(48-37)36-34-22-30(42)24-45-39(34)51(49-36)41(27-12-5-2-6-13-27,28-14-7-3-8-15-28)29-16-9-4-10-17-29/h2-10,12-17,22,24-25,31-33H,11,18-21,23,26H2,1H3,(H,47,52)(H,44,46,48)/t31-,32+,33?/m0/s1. The Kier molecular flexibility index (Phi) is 9.76. The predicted molar refractivity (Wildman–Crippen MR) is 203 cm³/mol. The number of likely N-dealkylation sites (tertiary alicyclic amines) is 1. The van der Waals surface area contributed by atoms with Crippen LogP contribution in [0.25, 0.3) is 22.6 Å². The van der Waals surface area contributed by atoms with Crippen molar-refractivity contribution in [3.63, 3.8) is 0 Å². The number of ether oxygens (including phenoxy) is 1. The van der Waals surface area contributed by atoms with Crippen LogP contribution in [0.2, 0.25) is 5.02 Å². The summed E-state index contributed by atoms with van der Waals surface area (Å²) in [7, 11) is 1.68. The quantitative estimate of drug-likeness (QED) is 0.147. The van der Waals surface area contributed by atoms with Gasteiger partial charge in [0.1, 0.15) is 11.2 Å². The Morgan fingerprint density at radius 2 is 1.53 bits per heavy atom. The number of fused-ring (bicyclic) bond motifs is 1. The molecule has 8 rings (SSSR count). The summed E-state index contributed by atoms with van der Waals surface area (Å²) >= 11 is 6.59. The average Bonchev–Trinajstić information content (AvgIpc) is 3.83. The Morgan fingerprint density at radius 3 is 2.15 bits per heavy atom. The molecule has 6 aromatic rings. The zero-order valence-corrected chi connectivity index (χ0v) is 30.1. The number of hydrogen-bond acceptors (Lipinski definition) is 7. The summed E-state index contributed by atoms with van der Waals surface area (Å²) in [6.07, 6.45) is 6.85. The largest absolute Gasteiger partial charge is 0.380 e. The van der Waals surface area contributed by atoms with Crippen LogP contribution in [0.15, 0.2) is 109 Å². The number of amides is 2. The van der Waals surface area contributed by atoms with Crippen LogP contribution in [0.3, 0.4) is 0 Å². The summed E-state index contributed by atoms with van der Waals surface area (Å²) in [6.45, 7) is 1.25. The minimum Gasteiger partial charge on any atom is -0.380 e. The third kappa shape index (κ3) is 6.71. The lowest BCUT2D eigenvalue weighted by Crippen LogP contribution is -2.47. The van der Waals surface area contributed by atoms with E-state index < -0.39 is 11.4 Å². The number of halogens is 2. The third-order valence-electron chi connectivity index (χ3n) is 10.4. The molecule has 2 amide bonds. The number of anilines is 1. The fourth-order valence-corrected chi connectivity index (χ4v) is 8.04. The van der Waals surface area contributed by atoms with E-state index in [1.165, 1.54) is 6.20 Å². The zero-order chi connectivity index (χ0) is 36.4. The van der Waals surface area contributed by atoms with E-state index in [1.54, 1.807) is 24.3 Å². The first-order chi connectivity index (χ1) is 25.9. The Morgan fingerprint density at radius 1 is 0.887 bits per heavy atom. The number of nitrogens with zero attached hydrogens (tertiary/aromatic N) is 6. The second-order valence-corrected chi connectivity index (χ2v) is 14.2. The van der Waals surface area contributed by atoms with E-state index in [9.17, 15) is 4.79 Å². The topological polar surface area (TPSA) is 110 Å². The summed E-state index contributed by atoms with van der Waals surface area (Å²) in [5.41, 5.74) is 2.91. The molecule has 2 fully saturated rings. The van der Waals surface area contributed by atoms with Gasteiger partial charge in [0.2, 0.25) is 0 Å². The average molecular weight is 731 g/mol. The van der Waals surface area contributed by atoms with Gasteiger partial charge >= 0.3 is 6.03 Å². The molecule has 1 unspecified atom stereocenters. The number of carbonyl (C=O) groups is 1. The van der Waals surface area contributed by atoms with E-state index in [1.807, 2.05) is 59.3 Å². The van der Waals surface area contributed by atoms with Gasteiger partial charge in [0.15, 0.2) is 23.1 Å². The van der Waals surface area contributed by atoms with Crippen molar-refractivity contribution in [3.05, 3.63) is 137 Å². The predicted octanol–water partition coefficient (Wildman–Crippen LogP) is 7.67. The van der Waals surface area contributed by atoms with E-state index >= 15 is 4.39 Å². The van der Waals surface area contributed by atoms with Crippen LogP contribution in [0.5, 0.6) is 0 Å². The molecule has 1 aliphatic carbocycles. The smallest absolute Gasteiger partial charge is 0.317 e. The van der Waals surface area contributed by atoms with Gasteiger partial charge in [0, 0.05) is 38.5 Å². The molecule has 53 heavy (non-hydrogen) atoms. The highest BCUT2D eigenvalue weighted by molar-refractivity contribution is 6.31. The van der Waals surface area contributed by atoms with Crippen LogP contribution < -0.4 is 10.6 Å². The number of hydrogen-bond donors (Lipinski definition) is 2. The van der Waals surface area contributed by atoms with Crippen LogP contribution in [-0.2, 0) is 10.3 Å². The van der Waals surface area contributed by atoms with Gasteiger partial charge in [0.25, 0.3) is 0 Å². The molecular formula is C41H40ClFN8O2. The third-order valence-corrected chi connectivity index (χ3v) is 10.7. The first-order valence-corrected chi connectivity index (χ1v) is 18.4. The highest BCUT2D eigenvalue weighted by Gasteiger charge is 2.42. The monoisotopic (exact) mass is 730 g/mol. The Bertz CT molecular complexity index is 2110. The van der Waals surface area contributed by atoms with Crippen molar-refractivity contribution in [2.75, 3.05) is 25.5 Å². The molecular weight excluding hydrogens is 691 g/mol. The maximum atomic E-state index is 15.5. The summed E-state index contributed by atoms with van der Waals surface area (Å²) in [4.78, 5) is 28.9. The van der Waals surface area contributed by atoms with E-state index in [4.69, 9.17) is 31.4 Å². The van der Waals surface area contributed by atoms with Gasteiger partial charge in [0.05, 0.1) is 22.7 Å². The lowest BCUT2D eigenvalue weighted by molar-refractivity contribution is 0.110. The molecule has 2 aliphatic rings. The van der Waals surface area contributed by atoms with Crippen molar-refractivity contribution in [1.29, 1.82) is 0 Å². The van der Waals surface area contributed by atoms with Crippen molar-refractivity contribution in [2.24, 2.45) is 0 Å². The van der Waals surface area contributed by atoms with Gasteiger partial charge in [-0.1, -0.05) is 103 Å². The molecule has 10 nitrogen and oxygen atoms in total. The number of pyridine rings is 1. The molecule has 2 N–H and O–H groups in total. The normalized spacial score (nSPS) is 19.0. The molecule has 3 aromatic carbocycles. The van der Waals surface area contributed by atoms with E-state index in [-0.39, 0.29) is 35.9 Å². The number of methoxy groups -OCH3 is 1. The summed E-state index contributed by atoms with van der Waals surface area (Å²) in [5.74, 6) is -0.269. The van der Waals surface area contributed by atoms with Crippen molar-refractivity contribution in [3.8, 4) is 11.5 Å². The molecule has 3 aromatic heterocycles. The fraction of sp³-hybridized carbons (Fsp3) is 0.293. The lowest BCUT2D eigenvalue weighted by atomic mass is 9.77. The van der Waals surface area contributed by atoms with Gasteiger partial charge in [-0.05, 0) is 54.9 Å². The zero-order valence-electron chi connectivity index (χ0n) is 29.3. The van der Waals surface area contributed by atoms with Crippen LogP contribution in [0.4, 0.5) is 15.0 Å². The highest BCUT2D eigenvalue weighted by Crippen LogP contribution is 2.43. The van der Waals surface area contributed by atoms with Crippen molar-refractivity contribution < 1.29 is 13.9 Å². The van der Waals surface area contributed by atoms with Crippen LogP contribution in [-0.4, -0.2) is 74.1 Å². The number of aromatic nitrogens is 5. The van der Waals surface area contributed by atoms with Crippen LogP contribution in [0.1, 0.15) is 48.8 Å². The molecule has 1 aliphatic heterocycles. The highest BCUT2D eigenvalue weighted by atomic mass is 35.5. The second-order valence-electron chi connectivity index (χ2n) is 13.7. The van der Waals surface area contributed by atoms with Gasteiger partial charge < -0.3 is 20.3 Å². The molecule has 0 spiro atoms. The molecule has 1 saturated carbocycles. The summed E-state index contributed by atoms with van der Waals surface area (Å²) in [6, 6.07) is 32.1. The van der Waals surface area contributed by atoms with Crippen LogP contribution in [0, 0.1) is 5.82 Å². The molecule has 3 atom stereocenters. The minimum atomic E-state index is -0.969. The maximum absolute atomic E-state index is 15.5. The molecule has 0 bridgehead atoms. The van der Waals surface area contributed by atoms with E-state index in [0.29, 0.717) is 41.3 Å². The Balaban J connectivity index is 1.18. The minimum absolute atomic E-state index is 0.0466. The molecule has 1 saturated heterocycles. The number of nitrogens with one attached hydrogen (secondary N) is 2. The molecule has 0 radical (unpaired) electrons. The summed E-state index contributed by atoms with van der Waals surface area (Å²) in [5, 5.41) is 12.8. The first kappa shape index (κ1) is 34.7. The maximum Gasteiger partial charge on any atom is 0.317 e. The molecule has 4 heterocycles. The fourth-order valence-electron chi connectivity index (χ4n) is 7.88.